The van der Waals surface area contributed by atoms with E-state index >= 15 is 0 Å². The third-order valence-corrected chi connectivity index (χ3v) is 160. The fourth-order valence-electron chi connectivity index (χ4n) is 7.44. The monoisotopic (exact) mass is 1550 g/mol. The first-order chi connectivity index (χ1) is 36.2. The number of ether oxygens (including phenoxy) is 1. The Balaban J connectivity index is 0.000000261. The minimum atomic E-state index is -4.52. The highest BCUT2D eigenvalue weighted by molar-refractivity contribution is 9.39. The standard InChI is InChI=1S/C26H20BrF3N2O.C17H25BO4.H25P23/c1-17-2-6-20-7-3-19(13-31)12-23(20)24(17)16-32(14-18-4-8-21(27)9-5-18)15-22-10-11-25(33-22)26(28,29)30;1-15(2,14(19)20-7)12-9-8-10-13(11-12)18-21-16(3,4)17(5,6)22-18;1-13-19(12)22(18(10)11)23(20(14(2)3)15(4)5)21(16(6)7)17(8)9/h2-12H,14-16H2,1H3;8-11H,1-7H3;13H,1-12H2. The number of benzene rings is 4. The molecule has 0 radical (unpaired) electrons. The summed E-state index contributed by atoms with van der Waals surface area (Å²) in [5.74, 6) is -1.02. The SMILES string of the molecule is COC(=O)C(C)(C)c1cccc(B2OC(C)(C)C(C)(C)O2)c1.Cc1ccc2ccc(C#N)cc2c1CN(Cc1ccc(Br)cc1)Cc1ccc(C(F)(F)F)o1.PPP(P)P(P(P)P)P(P(P(P)P)P(P)P)P(P(P)P)P(P)P. The van der Waals surface area contributed by atoms with Crippen LogP contribution in [-0.4, -0.2) is 36.3 Å². The van der Waals surface area contributed by atoms with Crippen molar-refractivity contribution in [1.82, 2.24) is 4.90 Å². The second-order valence-corrected chi connectivity index (χ2v) is 109. The van der Waals surface area contributed by atoms with E-state index in [0.29, 0.717) is 18.7 Å². The number of aryl methyl sites for hydroxylation is 1. The van der Waals surface area contributed by atoms with Gasteiger partial charge in [0.1, 0.15) is 5.76 Å². The zero-order valence-corrected chi connectivity index (χ0v) is 69.6. The molecular formula is C43H70BBrF3N2O5P23. The van der Waals surface area contributed by atoms with Crippen LogP contribution >= 0.6 is 201 Å². The summed E-state index contributed by atoms with van der Waals surface area (Å²) in [6.07, 6.45) is -4.52. The number of fused-ring (bicyclic) bond motifs is 1. The zero-order chi connectivity index (χ0) is 58.8. The van der Waals surface area contributed by atoms with E-state index < -0.39 is 24.5 Å². The second-order valence-electron chi connectivity index (χ2n) is 18.7. The summed E-state index contributed by atoms with van der Waals surface area (Å²) in [7, 11) is 40.4. The molecule has 2 heterocycles. The van der Waals surface area contributed by atoms with Gasteiger partial charge in [-0.1, -0.05) is 78.5 Å². The molecule has 0 aliphatic carbocycles. The Kier molecular flexibility index (Phi) is 33.9. The Bertz CT molecular complexity index is 2750. The molecule has 15 atom stereocenters. The smallest absolute Gasteiger partial charge is 0.468 e. The average Bonchev–Trinajstić information content (AvgIpc) is 3.97. The number of nitrogens with zero attached hydrogens (tertiary/aromatic N) is 2. The van der Waals surface area contributed by atoms with Crippen LogP contribution in [0.4, 0.5) is 13.2 Å². The van der Waals surface area contributed by atoms with Crippen molar-refractivity contribution in [3.63, 3.8) is 0 Å². The summed E-state index contributed by atoms with van der Waals surface area (Å²) in [6.45, 7) is 15.7. The maximum atomic E-state index is 13.0. The third kappa shape index (κ3) is 21.8. The van der Waals surface area contributed by atoms with Crippen molar-refractivity contribution < 1.29 is 36.4 Å². The van der Waals surface area contributed by atoms with Gasteiger partial charge in [0.05, 0.1) is 41.9 Å². The maximum Gasteiger partial charge on any atom is 0.494 e. The first-order valence-corrected chi connectivity index (χ1v) is 65.0. The molecule has 1 aromatic heterocycles. The molecule has 5 aromatic rings. The molecule has 0 amide bonds. The lowest BCUT2D eigenvalue weighted by molar-refractivity contribution is -0.153. The topological polar surface area (TPSA) is 84.9 Å². The third-order valence-electron chi connectivity index (χ3n) is 12.2. The van der Waals surface area contributed by atoms with E-state index in [1.54, 1.807) is 6.07 Å². The van der Waals surface area contributed by atoms with E-state index in [9.17, 15) is 23.2 Å². The Hall–Kier alpha value is 5.48. The van der Waals surface area contributed by atoms with Gasteiger partial charge in [-0.2, -0.15) is 18.4 Å². The zero-order valence-electron chi connectivity index (χ0n) is 44.2. The highest BCUT2D eigenvalue weighted by Gasteiger charge is 2.52. The molecule has 4 aromatic carbocycles. The molecule has 0 spiro atoms. The van der Waals surface area contributed by atoms with Gasteiger partial charge in [-0.05, 0) is 193 Å². The first kappa shape index (κ1) is 75.9. The van der Waals surface area contributed by atoms with Gasteiger partial charge in [-0.15, -0.1) is 107 Å². The number of methoxy groups -OCH3 is 1. The van der Waals surface area contributed by atoms with E-state index in [1.807, 2.05) is 126 Å². The van der Waals surface area contributed by atoms with Crippen molar-refractivity contribution >= 4 is 230 Å². The molecule has 35 heteroatoms. The molecule has 78 heavy (non-hydrogen) atoms. The lowest BCUT2D eigenvalue weighted by Crippen LogP contribution is -2.41. The lowest BCUT2D eigenvalue weighted by atomic mass is 9.75. The first-order valence-electron chi connectivity index (χ1n) is 23.0. The van der Waals surface area contributed by atoms with Crippen LogP contribution in [0.2, 0.25) is 0 Å². The Morgan fingerprint density at radius 3 is 1.76 bits per heavy atom. The van der Waals surface area contributed by atoms with Gasteiger partial charge in [-0.3, -0.25) is 9.69 Å². The fraction of sp³-hybridized carbons (Fsp3) is 0.349. The van der Waals surface area contributed by atoms with Gasteiger partial charge in [0.15, 0.2) is 0 Å². The molecule has 0 N–H and O–H groups in total. The fourth-order valence-corrected chi connectivity index (χ4v) is 289. The molecular weight excluding hydrogens is 1480 g/mol. The number of furan rings is 1. The highest BCUT2D eigenvalue weighted by atomic mass is 79.9. The maximum absolute atomic E-state index is 13.0. The number of carbonyl (C=O) groups is 1. The van der Waals surface area contributed by atoms with Gasteiger partial charge >= 0.3 is 19.3 Å². The summed E-state index contributed by atoms with van der Waals surface area (Å²) in [6, 6.07) is 29.7. The minimum absolute atomic E-state index is 0.00774. The molecule has 1 aliphatic heterocycles. The number of hydrogen-bond acceptors (Lipinski definition) is 7. The van der Waals surface area contributed by atoms with Gasteiger partial charge in [0.2, 0.25) is 5.76 Å². The van der Waals surface area contributed by atoms with Crippen molar-refractivity contribution in [3.8, 4) is 6.07 Å². The molecule has 428 valence electrons. The van der Waals surface area contributed by atoms with E-state index in [-0.39, 0.29) is 99.4 Å². The lowest BCUT2D eigenvalue weighted by Gasteiger charge is -2.47. The molecule has 1 saturated heterocycles. The predicted octanol–water partition coefficient (Wildman–Crippen LogP) is 23.1. The van der Waals surface area contributed by atoms with Gasteiger partial charge in [-0.25, -0.2) is 0 Å². The molecule has 15 unspecified atom stereocenters. The molecule has 7 nitrogen and oxygen atoms in total. The van der Waals surface area contributed by atoms with Crippen molar-refractivity contribution in [1.29, 1.82) is 5.26 Å². The van der Waals surface area contributed by atoms with Crippen molar-refractivity contribution in [2.45, 2.75) is 90.9 Å². The highest BCUT2D eigenvalue weighted by Crippen LogP contribution is 3.33. The van der Waals surface area contributed by atoms with E-state index in [4.69, 9.17) is 18.5 Å². The Morgan fingerprint density at radius 1 is 0.744 bits per heavy atom. The number of hydrogen-bond donors (Lipinski definition) is 0. The summed E-state index contributed by atoms with van der Waals surface area (Å²) in [5, 5.41) is 11.3. The van der Waals surface area contributed by atoms with Crippen molar-refractivity contribution in [2.75, 3.05) is 7.11 Å². The van der Waals surface area contributed by atoms with Crippen molar-refractivity contribution in [2.24, 2.45) is 0 Å². The van der Waals surface area contributed by atoms with Crippen LogP contribution in [0.5, 0.6) is 0 Å². The van der Waals surface area contributed by atoms with Crippen LogP contribution < -0.4 is 5.46 Å². The molecule has 6 rings (SSSR count). The predicted molar refractivity (Wildman–Crippen MR) is 405 cm³/mol. The van der Waals surface area contributed by atoms with E-state index in [2.05, 4.69) is 129 Å². The van der Waals surface area contributed by atoms with Crippen LogP contribution in [0.3, 0.4) is 0 Å². The Labute approximate surface area is 511 Å². The van der Waals surface area contributed by atoms with Crippen LogP contribution in [0.1, 0.15) is 80.9 Å². The summed E-state index contributed by atoms with van der Waals surface area (Å²) < 4.78 is 62.2. The summed E-state index contributed by atoms with van der Waals surface area (Å²) in [5.41, 5.74) is 3.98. The molecule has 0 saturated carbocycles. The van der Waals surface area contributed by atoms with Crippen LogP contribution in [0.25, 0.3) is 10.8 Å². The number of alkyl halides is 3. The molecule has 1 fully saturated rings. The van der Waals surface area contributed by atoms with Crippen molar-refractivity contribution in [3.05, 3.63) is 135 Å². The summed E-state index contributed by atoms with van der Waals surface area (Å²) >= 11 is 3.43. The molecule has 0 bridgehead atoms. The minimum Gasteiger partial charge on any atom is -0.468 e. The van der Waals surface area contributed by atoms with Crippen LogP contribution in [0, 0.1) is 18.3 Å². The number of nitriles is 1. The van der Waals surface area contributed by atoms with Gasteiger partial charge in [0, 0.05) is 17.6 Å². The second kappa shape index (κ2) is 34.8. The van der Waals surface area contributed by atoms with Gasteiger partial charge < -0.3 is 18.5 Å². The van der Waals surface area contributed by atoms with Gasteiger partial charge in [0.25, 0.3) is 0 Å². The quantitative estimate of drug-likeness (QED) is 0.0463. The Morgan fingerprint density at radius 2 is 1.28 bits per heavy atom. The largest absolute Gasteiger partial charge is 0.494 e. The number of carbonyl (C=O) groups excluding carboxylic acids is 1. The normalized spacial score (nSPS) is 15.6. The van der Waals surface area contributed by atoms with E-state index in [0.717, 1.165) is 57.0 Å². The number of halogens is 4. The van der Waals surface area contributed by atoms with Crippen LogP contribution in [0.15, 0.2) is 99.9 Å². The number of rotatable bonds is 19. The van der Waals surface area contributed by atoms with E-state index in [1.165, 1.54) is 13.2 Å². The van der Waals surface area contributed by atoms with Crippen LogP contribution in [-0.2, 0) is 50.1 Å². The summed E-state index contributed by atoms with van der Waals surface area (Å²) in [4.78, 5) is 14.0. The molecule has 1 aliphatic rings. The average molecular weight is 1560 g/mol. The number of esters is 1.